The van der Waals surface area contributed by atoms with E-state index in [1.807, 2.05) is 13.0 Å². The second-order valence-corrected chi connectivity index (χ2v) is 5.08. The van der Waals surface area contributed by atoms with Crippen molar-refractivity contribution in [2.24, 2.45) is 5.92 Å². The molecule has 0 aromatic heterocycles. The second-order valence-electron chi connectivity index (χ2n) is 5.08. The first-order valence-corrected chi connectivity index (χ1v) is 7.24. The predicted molar refractivity (Wildman–Crippen MR) is 73.7 cm³/mol. The molecule has 4 heteroatoms. The number of esters is 1. The molecule has 110 valence electrons. The maximum Gasteiger partial charge on any atom is 0.333 e. The summed E-state index contributed by atoms with van der Waals surface area (Å²) in [7, 11) is 0. The molecule has 4 nitrogen and oxygen atoms in total. The van der Waals surface area contributed by atoms with Crippen molar-refractivity contribution in [3.8, 4) is 0 Å². The van der Waals surface area contributed by atoms with Crippen molar-refractivity contribution < 1.29 is 19.4 Å². The Morgan fingerprint density at radius 1 is 1.42 bits per heavy atom. The summed E-state index contributed by atoms with van der Waals surface area (Å²) >= 11 is 0. The summed E-state index contributed by atoms with van der Waals surface area (Å²) in [4.78, 5) is 11.8. The van der Waals surface area contributed by atoms with Crippen molar-refractivity contribution in [1.82, 2.24) is 0 Å². The minimum atomic E-state index is -0.552. The van der Waals surface area contributed by atoms with Gasteiger partial charge in [-0.25, -0.2) is 4.79 Å². The molecule has 0 aromatic rings. The molecule has 3 atom stereocenters. The summed E-state index contributed by atoms with van der Waals surface area (Å²) in [6, 6.07) is 0. The number of hydrogen-bond donors (Lipinski definition) is 1. The first kappa shape index (κ1) is 16.2. The largest absolute Gasteiger partial charge is 0.463 e. The van der Waals surface area contributed by atoms with Gasteiger partial charge in [0.2, 0.25) is 0 Å². The first-order chi connectivity index (χ1) is 9.03. The maximum atomic E-state index is 11.8. The molecule has 0 bridgehead atoms. The lowest BCUT2D eigenvalue weighted by Gasteiger charge is -2.33. The van der Waals surface area contributed by atoms with Crippen LogP contribution in [0.2, 0.25) is 0 Å². The molecule has 19 heavy (non-hydrogen) atoms. The van der Waals surface area contributed by atoms with E-state index in [4.69, 9.17) is 9.47 Å². The summed E-state index contributed by atoms with van der Waals surface area (Å²) < 4.78 is 11.0. The van der Waals surface area contributed by atoms with Gasteiger partial charge in [-0.2, -0.15) is 0 Å². The average Bonchev–Trinajstić information content (AvgIpc) is 2.40. The van der Waals surface area contributed by atoms with Crippen molar-refractivity contribution in [2.75, 3.05) is 6.61 Å². The van der Waals surface area contributed by atoms with Crippen molar-refractivity contribution in [1.29, 1.82) is 0 Å². The van der Waals surface area contributed by atoms with Gasteiger partial charge in [0.1, 0.15) is 0 Å². The van der Waals surface area contributed by atoms with Crippen LogP contribution < -0.4 is 0 Å². The van der Waals surface area contributed by atoms with Gasteiger partial charge in [-0.1, -0.05) is 20.8 Å². The average molecular weight is 270 g/mol. The van der Waals surface area contributed by atoms with Crippen LogP contribution in [0.1, 0.15) is 47.0 Å². The van der Waals surface area contributed by atoms with Gasteiger partial charge in [0.05, 0.1) is 24.9 Å². The van der Waals surface area contributed by atoms with Crippen LogP contribution in [0.3, 0.4) is 0 Å². The van der Waals surface area contributed by atoms with Gasteiger partial charge in [0.25, 0.3) is 0 Å². The number of aliphatic hydroxyl groups excluding tert-OH is 1. The normalized spacial score (nSPS) is 27.3. The zero-order valence-electron chi connectivity index (χ0n) is 12.4. The molecule has 1 aliphatic carbocycles. The number of aliphatic hydroxyl groups is 1. The molecule has 0 saturated carbocycles. The zero-order chi connectivity index (χ0) is 14.4. The van der Waals surface area contributed by atoms with Crippen LogP contribution in [0.5, 0.6) is 0 Å². The van der Waals surface area contributed by atoms with Crippen molar-refractivity contribution >= 4 is 5.97 Å². The molecule has 0 radical (unpaired) electrons. The van der Waals surface area contributed by atoms with Gasteiger partial charge in [-0.3, -0.25) is 0 Å². The minimum Gasteiger partial charge on any atom is -0.463 e. The van der Waals surface area contributed by atoms with E-state index in [-0.39, 0.29) is 24.1 Å². The fourth-order valence-electron chi connectivity index (χ4n) is 2.29. The van der Waals surface area contributed by atoms with Crippen LogP contribution in [0.15, 0.2) is 11.6 Å². The summed E-state index contributed by atoms with van der Waals surface area (Å²) in [5.41, 5.74) is 0.531. The highest BCUT2D eigenvalue weighted by Crippen LogP contribution is 2.28. The first-order valence-electron chi connectivity index (χ1n) is 7.24. The van der Waals surface area contributed by atoms with E-state index in [9.17, 15) is 9.90 Å². The molecule has 0 amide bonds. The van der Waals surface area contributed by atoms with Crippen LogP contribution in [0.25, 0.3) is 0 Å². The smallest absolute Gasteiger partial charge is 0.333 e. The lowest BCUT2D eigenvalue weighted by molar-refractivity contribution is -0.140. The van der Waals surface area contributed by atoms with E-state index in [1.54, 1.807) is 6.92 Å². The number of carbonyl (C=O) groups is 1. The number of hydrogen-bond acceptors (Lipinski definition) is 4. The Bertz CT molecular complexity index is 320. The van der Waals surface area contributed by atoms with Crippen molar-refractivity contribution in [2.45, 2.75) is 65.3 Å². The molecule has 0 aromatic carbocycles. The standard InChI is InChI=1S/C15H26O4/c1-5-12(6-2)19-14-9-11(15(17)18-7-3)8-13(16)10(14)4/h9-10,12-14,16H,5-8H2,1-4H3/t10-,13-,14-/m1/s1. The van der Waals surface area contributed by atoms with E-state index < -0.39 is 6.10 Å². The van der Waals surface area contributed by atoms with Crippen LogP contribution in [-0.2, 0) is 14.3 Å². The predicted octanol–water partition coefficient (Wildman–Crippen LogP) is 2.45. The van der Waals surface area contributed by atoms with Gasteiger partial charge in [-0.05, 0) is 25.8 Å². The van der Waals surface area contributed by atoms with E-state index in [1.165, 1.54) is 0 Å². The highest BCUT2D eigenvalue weighted by molar-refractivity contribution is 5.88. The summed E-state index contributed by atoms with van der Waals surface area (Å²) in [5, 5.41) is 10.1. The molecule has 0 heterocycles. The SMILES string of the molecule is CCOC(=O)C1=C[C@@H](OC(CC)CC)[C@H](C)[C@H](O)C1. The highest BCUT2D eigenvalue weighted by Gasteiger charge is 2.33. The van der Waals surface area contributed by atoms with Gasteiger partial charge in [0.15, 0.2) is 0 Å². The lowest BCUT2D eigenvalue weighted by atomic mass is 9.85. The zero-order valence-corrected chi connectivity index (χ0v) is 12.4. The maximum absolute atomic E-state index is 11.8. The van der Waals surface area contributed by atoms with E-state index in [0.29, 0.717) is 18.6 Å². The Labute approximate surface area is 115 Å². The van der Waals surface area contributed by atoms with Crippen LogP contribution in [0.4, 0.5) is 0 Å². The van der Waals surface area contributed by atoms with E-state index in [2.05, 4.69) is 13.8 Å². The Morgan fingerprint density at radius 3 is 2.58 bits per heavy atom. The summed E-state index contributed by atoms with van der Waals surface area (Å²) in [6.45, 7) is 8.23. The Kier molecular flexibility index (Phi) is 6.52. The summed E-state index contributed by atoms with van der Waals surface area (Å²) in [6.07, 6.45) is 3.43. The fraction of sp³-hybridized carbons (Fsp3) is 0.800. The molecule has 0 unspecified atom stereocenters. The third kappa shape index (κ3) is 4.32. The lowest BCUT2D eigenvalue weighted by Crippen LogP contribution is -2.38. The van der Waals surface area contributed by atoms with Gasteiger partial charge in [0, 0.05) is 17.9 Å². The number of ether oxygens (including phenoxy) is 2. The molecule has 0 saturated heterocycles. The molecule has 1 N–H and O–H groups in total. The van der Waals surface area contributed by atoms with Crippen molar-refractivity contribution in [3.05, 3.63) is 11.6 Å². The van der Waals surface area contributed by atoms with E-state index >= 15 is 0 Å². The quantitative estimate of drug-likeness (QED) is 0.753. The number of rotatable bonds is 6. The minimum absolute atomic E-state index is 0.00113. The topological polar surface area (TPSA) is 55.8 Å². The van der Waals surface area contributed by atoms with Crippen LogP contribution in [-0.4, -0.2) is 36.0 Å². The molecule has 1 aliphatic rings. The third-order valence-electron chi connectivity index (χ3n) is 3.72. The molecule has 0 aliphatic heterocycles. The molecular weight excluding hydrogens is 244 g/mol. The van der Waals surface area contributed by atoms with Gasteiger partial charge < -0.3 is 14.6 Å². The molecule has 0 spiro atoms. The van der Waals surface area contributed by atoms with Gasteiger partial charge in [-0.15, -0.1) is 0 Å². The van der Waals surface area contributed by atoms with Crippen LogP contribution >= 0.6 is 0 Å². The molecule has 0 fully saturated rings. The molecule has 1 rings (SSSR count). The van der Waals surface area contributed by atoms with Crippen molar-refractivity contribution in [3.63, 3.8) is 0 Å². The highest BCUT2D eigenvalue weighted by atomic mass is 16.5. The second kappa shape index (κ2) is 7.65. The summed E-state index contributed by atoms with van der Waals surface area (Å²) in [5.74, 6) is -0.342. The Hall–Kier alpha value is -0.870. The number of carbonyl (C=O) groups excluding carboxylic acids is 1. The third-order valence-corrected chi connectivity index (χ3v) is 3.72. The van der Waals surface area contributed by atoms with Gasteiger partial charge >= 0.3 is 5.97 Å². The monoisotopic (exact) mass is 270 g/mol. The van der Waals surface area contributed by atoms with E-state index in [0.717, 1.165) is 12.8 Å². The fourth-order valence-corrected chi connectivity index (χ4v) is 2.29. The Morgan fingerprint density at radius 2 is 2.05 bits per heavy atom. The van der Waals surface area contributed by atoms with Crippen LogP contribution in [0, 0.1) is 5.92 Å². The molecular formula is C15H26O4. The Balaban J connectivity index is 2.81.